The van der Waals surface area contributed by atoms with Crippen LogP contribution in [0.3, 0.4) is 0 Å². The minimum atomic E-state index is 0.637. The Bertz CT molecular complexity index is 218. The fourth-order valence-electron chi connectivity index (χ4n) is 1.47. The summed E-state index contributed by atoms with van der Waals surface area (Å²) in [6.07, 6.45) is 6.33. The number of rotatable bonds is 1. The van der Waals surface area contributed by atoms with Gasteiger partial charge in [-0.15, -0.1) is 0 Å². The summed E-state index contributed by atoms with van der Waals surface area (Å²) >= 11 is 0. The fraction of sp³-hybridized carbons (Fsp3) is 0.455. The maximum Gasteiger partial charge on any atom is -0.0128 e. The number of allylic oxidation sites excluding steroid dienone is 5. The van der Waals surface area contributed by atoms with Gasteiger partial charge in [-0.05, 0) is 24.3 Å². The summed E-state index contributed by atoms with van der Waals surface area (Å²) in [7, 11) is 0. The van der Waals surface area contributed by atoms with Gasteiger partial charge in [0.15, 0.2) is 0 Å². The smallest absolute Gasteiger partial charge is 0.0128 e. The highest BCUT2D eigenvalue weighted by atomic mass is 14.2. The van der Waals surface area contributed by atoms with E-state index in [0.717, 1.165) is 0 Å². The van der Waals surface area contributed by atoms with Gasteiger partial charge < -0.3 is 0 Å². The Morgan fingerprint density at radius 1 is 1.27 bits per heavy atom. The third-order valence-electron chi connectivity index (χ3n) is 2.77. The van der Waals surface area contributed by atoms with Crippen molar-refractivity contribution in [2.75, 3.05) is 0 Å². The molecule has 0 bridgehead atoms. The molecule has 0 fully saturated rings. The van der Waals surface area contributed by atoms with Crippen LogP contribution < -0.4 is 0 Å². The SMILES string of the molecule is C=CC1=CC=C(C)C(C)C1C. The van der Waals surface area contributed by atoms with Crippen molar-refractivity contribution in [2.24, 2.45) is 11.8 Å². The molecular weight excluding hydrogens is 132 g/mol. The summed E-state index contributed by atoms with van der Waals surface area (Å²) in [5, 5.41) is 0. The van der Waals surface area contributed by atoms with Crippen LogP contribution in [0.4, 0.5) is 0 Å². The molecule has 1 aliphatic rings. The van der Waals surface area contributed by atoms with Crippen LogP contribution in [0.5, 0.6) is 0 Å². The second-order valence-electron chi connectivity index (χ2n) is 3.36. The summed E-state index contributed by atoms with van der Waals surface area (Å²) < 4.78 is 0. The maximum absolute atomic E-state index is 3.80. The topological polar surface area (TPSA) is 0 Å². The monoisotopic (exact) mass is 148 g/mol. The van der Waals surface area contributed by atoms with E-state index in [9.17, 15) is 0 Å². The lowest BCUT2D eigenvalue weighted by Crippen LogP contribution is -2.13. The first kappa shape index (κ1) is 8.32. The van der Waals surface area contributed by atoms with E-state index in [-0.39, 0.29) is 0 Å². The second kappa shape index (κ2) is 3.08. The molecule has 0 aromatic carbocycles. The van der Waals surface area contributed by atoms with E-state index >= 15 is 0 Å². The average molecular weight is 148 g/mol. The highest BCUT2D eigenvalue weighted by molar-refractivity contribution is 5.32. The van der Waals surface area contributed by atoms with Gasteiger partial charge in [0.2, 0.25) is 0 Å². The van der Waals surface area contributed by atoms with Crippen LogP contribution in [-0.2, 0) is 0 Å². The zero-order valence-corrected chi connectivity index (χ0v) is 7.59. The minimum Gasteiger partial charge on any atom is -0.0988 e. The Morgan fingerprint density at radius 3 is 2.45 bits per heavy atom. The Morgan fingerprint density at radius 2 is 1.91 bits per heavy atom. The van der Waals surface area contributed by atoms with Gasteiger partial charge >= 0.3 is 0 Å². The highest BCUT2D eigenvalue weighted by Crippen LogP contribution is 2.30. The van der Waals surface area contributed by atoms with Gasteiger partial charge in [-0.2, -0.15) is 0 Å². The lowest BCUT2D eigenvalue weighted by atomic mass is 9.80. The van der Waals surface area contributed by atoms with Gasteiger partial charge in [0.25, 0.3) is 0 Å². The quantitative estimate of drug-likeness (QED) is 0.535. The first-order chi connectivity index (χ1) is 5.16. The van der Waals surface area contributed by atoms with Crippen molar-refractivity contribution in [2.45, 2.75) is 20.8 Å². The molecule has 0 aliphatic heterocycles. The van der Waals surface area contributed by atoms with Gasteiger partial charge in [0, 0.05) is 0 Å². The molecule has 0 aromatic heterocycles. The van der Waals surface area contributed by atoms with E-state index in [0.29, 0.717) is 11.8 Å². The lowest BCUT2D eigenvalue weighted by molar-refractivity contribution is 0.505. The summed E-state index contributed by atoms with van der Waals surface area (Å²) in [6.45, 7) is 10.5. The molecule has 0 nitrogen and oxygen atoms in total. The van der Waals surface area contributed by atoms with Crippen molar-refractivity contribution in [3.63, 3.8) is 0 Å². The van der Waals surface area contributed by atoms with Gasteiger partial charge in [0.05, 0.1) is 0 Å². The summed E-state index contributed by atoms with van der Waals surface area (Å²) in [5.74, 6) is 1.31. The van der Waals surface area contributed by atoms with E-state index in [4.69, 9.17) is 0 Å². The van der Waals surface area contributed by atoms with Crippen LogP contribution >= 0.6 is 0 Å². The van der Waals surface area contributed by atoms with Crippen LogP contribution in [0.2, 0.25) is 0 Å². The van der Waals surface area contributed by atoms with Crippen molar-refractivity contribution in [3.8, 4) is 0 Å². The Labute approximate surface area is 69.3 Å². The molecule has 60 valence electrons. The molecule has 0 aromatic rings. The molecule has 0 N–H and O–H groups in total. The van der Waals surface area contributed by atoms with Crippen molar-refractivity contribution < 1.29 is 0 Å². The molecule has 1 aliphatic carbocycles. The van der Waals surface area contributed by atoms with Gasteiger partial charge in [0.1, 0.15) is 0 Å². The first-order valence-electron chi connectivity index (χ1n) is 4.17. The zero-order valence-electron chi connectivity index (χ0n) is 7.59. The third kappa shape index (κ3) is 1.45. The standard InChI is InChI=1S/C11H16/c1-5-11-7-6-8(2)9(3)10(11)4/h5-7,9-10H,1H2,2-4H3. The predicted octanol–water partition coefficient (Wildman–Crippen LogP) is 3.33. The Hall–Kier alpha value is -0.780. The predicted molar refractivity (Wildman–Crippen MR) is 50.4 cm³/mol. The molecule has 0 saturated carbocycles. The molecule has 1 rings (SSSR count). The molecule has 0 amide bonds. The van der Waals surface area contributed by atoms with Gasteiger partial charge in [-0.3, -0.25) is 0 Å². The normalized spacial score (nSPS) is 30.8. The largest absolute Gasteiger partial charge is 0.0988 e. The molecule has 0 heteroatoms. The minimum absolute atomic E-state index is 0.637. The number of hydrogen-bond acceptors (Lipinski definition) is 0. The van der Waals surface area contributed by atoms with Gasteiger partial charge in [-0.1, -0.05) is 44.2 Å². The zero-order chi connectivity index (χ0) is 8.43. The van der Waals surface area contributed by atoms with Crippen molar-refractivity contribution in [1.82, 2.24) is 0 Å². The van der Waals surface area contributed by atoms with E-state index in [1.54, 1.807) is 0 Å². The molecule has 2 unspecified atom stereocenters. The number of hydrogen-bond donors (Lipinski definition) is 0. The van der Waals surface area contributed by atoms with E-state index < -0.39 is 0 Å². The van der Waals surface area contributed by atoms with Crippen LogP contribution in [0.25, 0.3) is 0 Å². The van der Waals surface area contributed by atoms with E-state index in [1.807, 2.05) is 6.08 Å². The molecule has 0 spiro atoms. The van der Waals surface area contributed by atoms with Crippen LogP contribution in [-0.4, -0.2) is 0 Å². The maximum atomic E-state index is 3.80. The fourth-order valence-corrected chi connectivity index (χ4v) is 1.47. The highest BCUT2D eigenvalue weighted by Gasteiger charge is 2.18. The molecule has 11 heavy (non-hydrogen) atoms. The van der Waals surface area contributed by atoms with Crippen LogP contribution in [0, 0.1) is 11.8 Å². The van der Waals surface area contributed by atoms with Crippen molar-refractivity contribution in [3.05, 3.63) is 36.0 Å². The van der Waals surface area contributed by atoms with Crippen molar-refractivity contribution in [1.29, 1.82) is 0 Å². The summed E-state index contributed by atoms with van der Waals surface area (Å²) in [4.78, 5) is 0. The van der Waals surface area contributed by atoms with Gasteiger partial charge in [-0.25, -0.2) is 0 Å². The van der Waals surface area contributed by atoms with Crippen molar-refractivity contribution >= 4 is 0 Å². The lowest BCUT2D eigenvalue weighted by Gasteiger charge is -2.25. The molecular formula is C11H16. The second-order valence-corrected chi connectivity index (χ2v) is 3.36. The molecule has 2 atom stereocenters. The van der Waals surface area contributed by atoms with Crippen LogP contribution in [0.1, 0.15) is 20.8 Å². The summed E-state index contributed by atoms with van der Waals surface area (Å²) in [6, 6.07) is 0. The summed E-state index contributed by atoms with van der Waals surface area (Å²) in [5.41, 5.74) is 2.84. The third-order valence-corrected chi connectivity index (χ3v) is 2.77. The Balaban J connectivity index is 2.92. The first-order valence-corrected chi connectivity index (χ1v) is 4.17. The van der Waals surface area contributed by atoms with Crippen LogP contribution in [0.15, 0.2) is 36.0 Å². The average Bonchev–Trinajstić information content (AvgIpc) is 2.01. The molecule has 0 radical (unpaired) electrons. The van der Waals surface area contributed by atoms with E-state index in [1.165, 1.54) is 11.1 Å². The van der Waals surface area contributed by atoms with E-state index in [2.05, 4.69) is 39.5 Å². The molecule has 0 saturated heterocycles. The molecule has 0 heterocycles. The Kier molecular flexibility index (Phi) is 2.33.